The zero-order valence-electron chi connectivity index (χ0n) is 17.3. The third kappa shape index (κ3) is 2.34. The largest absolute Gasteiger partial charge is 0.469 e. The molecule has 1 aliphatic carbocycles. The maximum atomic E-state index is 13.6. The van der Waals surface area contributed by atoms with Crippen LogP contribution in [0.25, 0.3) is 0 Å². The molecule has 2 aromatic carbocycles. The third-order valence-electron chi connectivity index (χ3n) is 6.70. The highest BCUT2D eigenvalue weighted by Crippen LogP contribution is 2.64. The molecule has 3 aliphatic heterocycles. The number of esters is 2. The van der Waals surface area contributed by atoms with Crippen LogP contribution in [0.4, 0.5) is 0 Å². The number of hydrogen-bond donors (Lipinski definition) is 0. The van der Waals surface area contributed by atoms with E-state index in [1.54, 1.807) is 36.4 Å². The molecule has 3 heterocycles. The van der Waals surface area contributed by atoms with E-state index in [4.69, 9.17) is 23.7 Å². The monoisotopic (exact) mass is 450 g/mol. The molecule has 6 rings (SSSR count). The Labute approximate surface area is 187 Å². The van der Waals surface area contributed by atoms with E-state index in [1.807, 2.05) is 0 Å². The highest BCUT2D eigenvalue weighted by molar-refractivity contribution is 6.19. The summed E-state index contributed by atoms with van der Waals surface area (Å²) in [5.74, 6) is -5.41. The maximum absolute atomic E-state index is 13.6. The normalized spacial score (nSPS) is 32.5. The topological polar surface area (TPSA) is 114 Å². The summed E-state index contributed by atoms with van der Waals surface area (Å²) >= 11 is 0. The van der Waals surface area contributed by atoms with Gasteiger partial charge in [0.2, 0.25) is 0 Å². The Morgan fingerprint density at radius 3 is 1.48 bits per heavy atom. The number of carbonyl (C=O) groups excluding carboxylic acids is 4. The third-order valence-corrected chi connectivity index (χ3v) is 6.70. The van der Waals surface area contributed by atoms with Gasteiger partial charge in [0.15, 0.2) is 11.6 Å². The second-order valence-electron chi connectivity index (χ2n) is 8.24. The lowest BCUT2D eigenvalue weighted by atomic mass is 9.45. The number of hydrogen-bond acceptors (Lipinski definition) is 9. The van der Waals surface area contributed by atoms with Crippen LogP contribution in [0, 0.1) is 11.8 Å². The van der Waals surface area contributed by atoms with Gasteiger partial charge in [-0.3, -0.25) is 9.59 Å². The first-order valence-electron chi connectivity index (χ1n) is 10.6. The molecule has 9 nitrogen and oxygen atoms in total. The van der Waals surface area contributed by atoms with Gasteiger partial charge in [-0.05, 0) is 24.3 Å². The van der Waals surface area contributed by atoms with E-state index in [0.29, 0.717) is 0 Å². The van der Waals surface area contributed by atoms with Crippen molar-refractivity contribution in [3.05, 3.63) is 59.7 Å². The lowest BCUT2D eigenvalue weighted by Crippen LogP contribution is -2.90. The minimum absolute atomic E-state index is 0.0631. The van der Waals surface area contributed by atoms with Gasteiger partial charge in [0.05, 0.1) is 36.2 Å². The fraction of sp³-hybridized carbons (Fsp3) is 0.333. The number of carbonyl (C=O) groups is 4. The molecule has 0 aromatic heterocycles. The molecule has 2 fully saturated rings. The lowest BCUT2D eigenvalue weighted by Gasteiger charge is -2.64. The molecule has 0 amide bonds. The van der Waals surface area contributed by atoms with E-state index < -0.39 is 46.5 Å². The fourth-order valence-corrected chi connectivity index (χ4v) is 5.33. The molecule has 2 aromatic rings. The number of rotatable bonds is 0. The van der Waals surface area contributed by atoms with Crippen molar-refractivity contribution in [2.75, 3.05) is 26.4 Å². The Bertz CT molecular complexity index is 1130. The molecule has 9 heteroatoms. The second kappa shape index (κ2) is 6.89. The van der Waals surface area contributed by atoms with Crippen LogP contribution in [0.1, 0.15) is 20.7 Å². The smallest absolute Gasteiger partial charge is 0.356 e. The number of para-hydroxylation sites is 2. The van der Waals surface area contributed by atoms with Crippen molar-refractivity contribution in [1.29, 1.82) is 0 Å². The van der Waals surface area contributed by atoms with Crippen molar-refractivity contribution in [3.63, 3.8) is 0 Å². The molecule has 2 spiro atoms. The number of cyclic esters (lactones) is 2. The zero-order chi connectivity index (χ0) is 22.8. The number of ketones is 2. The molecular formula is C24H18O9. The Balaban J connectivity index is 1.62. The molecule has 4 atom stereocenters. The van der Waals surface area contributed by atoms with Gasteiger partial charge in [-0.1, -0.05) is 24.3 Å². The highest BCUT2D eigenvalue weighted by Gasteiger charge is 2.90. The van der Waals surface area contributed by atoms with E-state index in [2.05, 4.69) is 0 Å². The van der Waals surface area contributed by atoms with Crippen LogP contribution in [0.2, 0.25) is 0 Å². The Morgan fingerprint density at radius 2 is 1.03 bits per heavy atom. The van der Waals surface area contributed by atoms with E-state index in [-0.39, 0.29) is 49.1 Å². The van der Waals surface area contributed by atoms with Crippen molar-refractivity contribution in [3.8, 4) is 11.5 Å². The van der Waals surface area contributed by atoms with E-state index in [0.717, 1.165) is 0 Å². The van der Waals surface area contributed by atoms with Crippen molar-refractivity contribution in [1.82, 2.24) is 0 Å². The molecule has 168 valence electrons. The molecule has 33 heavy (non-hydrogen) atoms. The average molecular weight is 450 g/mol. The Hall–Kier alpha value is -3.72. The fourth-order valence-electron chi connectivity index (χ4n) is 5.33. The molecule has 1 saturated carbocycles. The number of fused-ring (bicyclic) bond motifs is 3. The predicted molar refractivity (Wildman–Crippen MR) is 108 cm³/mol. The van der Waals surface area contributed by atoms with Crippen LogP contribution >= 0.6 is 0 Å². The SMILES string of the molecule is O=C1c2ccccc2O[C@]23C(=O)OCCOCCOC(=O)[C@@]24Oc2ccccc2C(=O)[C@H]4[C@H]13. The van der Waals surface area contributed by atoms with E-state index in [9.17, 15) is 19.2 Å². The predicted octanol–water partition coefficient (Wildman–Crippen LogP) is 1.38. The molecule has 1 saturated heterocycles. The number of ether oxygens (including phenoxy) is 5. The van der Waals surface area contributed by atoms with Crippen LogP contribution < -0.4 is 9.47 Å². The summed E-state index contributed by atoms with van der Waals surface area (Å²) in [4.78, 5) is 54.4. The van der Waals surface area contributed by atoms with Gasteiger partial charge >= 0.3 is 11.9 Å². The standard InChI is InChI=1S/C24H18O9/c25-19-13-5-1-3-7-15(13)32-23-17(19)18-20(26)14-6-2-4-8-16(14)33-24(18,23)22(28)31-12-10-29-9-11-30-21(23)27/h1-8,17-18H,9-12H2/t17-,18-,23-,24-/m1/s1. The van der Waals surface area contributed by atoms with Crippen molar-refractivity contribution in [2.45, 2.75) is 11.2 Å². The molecule has 0 N–H and O–H groups in total. The first kappa shape index (κ1) is 19.9. The summed E-state index contributed by atoms with van der Waals surface area (Å²) in [5, 5.41) is 0. The van der Waals surface area contributed by atoms with Crippen LogP contribution in [0.5, 0.6) is 11.5 Å². The first-order valence-corrected chi connectivity index (χ1v) is 10.6. The first-order chi connectivity index (χ1) is 16.0. The molecular weight excluding hydrogens is 432 g/mol. The van der Waals surface area contributed by atoms with Gasteiger partial charge in [0.1, 0.15) is 24.7 Å². The molecule has 0 unspecified atom stereocenters. The Kier molecular flexibility index (Phi) is 4.16. The summed E-state index contributed by atoms with van der Waals surface area (Å²) in [6.07, 6.45) is 0. The van der Waals surface area contributed by atoms with E-state index in [1.165, 1.54) is 12.1 Å². The van der Waals surface area contributed by atoms with Crippen LogP contribution in [-0.2, 0) is 23.8 Å². The zero-order valence-corrected chi connectivity index (χ0v) is 17.3. The second-order valence-corrected chi connectivity index (χ2v) is 8.24. The Morgan fingerprint density at radius 1 is 0.606 bits per heavy atom. The minimum atomic E-state index is -2.23. The van der Waals surface area contributed by atoms with Gasteiger partial charge < -0.3 is 23.7 Å². The summed E-state index contributed by atoms with van der Waals surface area (Å²) < 4.78 is 28.4. The highest BCUT2D eigenvalue weighted by atomic mass is 16.6. The van der Waals surface area contributed by atoms with Gasteiger partial charge in [-0.25, -0.2) is 9.59 Å². The van der Waals surface area contributed by atoms with E-state index >= 15 is 0 Å². The van der Waals surface area contributed by atoms with Crippen molar-refractivity contribution in [2.24, 2.45) is 11.8 Å². The summed E-state index contributed by atoms with van der Waals surface area (Å²) in [5.41, 5.74) is -4.03. The quantitative estimate of drug-likeness (QED) is 0.549. The molecule has 0 bridgehead atoms. The van der Waals surface area contributed by atoms with Crippen molar-refractivity contribution < 1.29 is 42.9 Å². The van der Waals surface area contributed by atoms with Gasteiger partial charge in [0.25, 0.3) is 11.2 Å². The van der Waals surface area contributed by atoms with Crippen molar-refractivity contribution >= 4 is 23.5 Å². The lowest BCUT2D eigenvalue weighted by molar-refractivity contribution is -0.261. The maximum Gasteiger partial charge on any atom is 0.356 e. The number of Topliss-reactive ketones (excluding diaryl/α,β-unsaturated/α-hetero) is 2. The minimum Gasteiger partial charge on any atom is -0.469 e. The van der Waals surface area contributed by atoms with Crippen LogP contribution in [-0.4, -0.2) is 61.1 Å². The van der Waals surface area contributed by atoms with Gasteiger partial charge in [-0.2, -0.15) is 0 Å². The number of benzene rings is 2. The molecule has 4 aliphatic rings. The van der Waals surface area contributed by atoms with Crippen LogP contribution in [0.15, 0.2) is 48.5 Å². The average Bonchev–Trinajstić information content (AvgIpc) is 2.83. The van der Waals surface area contributed by atoms with Gasteiger partial charge in [-0.15, -0.1) is 0 Å². The van der Waals surface area contributed by atoms with Crippen LogP contribution in [0.3, 0.4) is 0 Å². The summed E-state index contributed by atoms with van der Waals surface area (Å²) in [6, 6.07) is 12.7. The summed E-state index contributed by atoms with van der Waals surface area (Å²) in [7, 11) is 0. The molecule has 0 radical (unpaired) electrons. The van der Waals surface area contributed by atoms with Gasteiger partial charge in [0, 0.05) is 0 Å². The summed E-state index contributed by atoms with van der Waals surface area (Å²) in [6.45, 7) is -0.140.